The molecule has 0 radical (unpaired) electrons. The monoisotopic (exact) mass is 408 g/mol. The van der Waals surface area contributed by atoms with Crippen LogP contribution >= 0.6 is 11.3 Å². The lowest BCUT2D eigenvalue weighted by molar-refractivity contribution is -0.133. The lowest BCUT2D eigenvalue weighted by Gasteiger charge is -2.15. The Labute approximate surface area is 161 Å². The Morgan fingerprint density at radius 2 is 1.93 bits per heavy atom. The van der Waals surface area contributed by atoms with E-state index < -0.39 is 33.4 Å². The van der Waals surface area contributed by atoms with Gasteiger partial charge in [-0.15, -0.1) is 11.3 Å². The van der Waals surface area contributed by atoms with Crippen LogP contribution in [0, 0.1) is 0 Å². The SMILES string of the molecule is CC(=O)NC(CS(=O)(=O)CC=Cc1ccc(-c2cccs2)cc1)C(=O)NO. The van der Waals surface area contributed by atoms with Crippen molar-refractivity contribution in [3.8, 4) is 10.4 Å². The van der Waals surface area contributed by atoms with Gasteiger partial charge in [0.25, 0.3) is 5.91 Å². The van der Waals surface area contributed by atoms with Crippen molar-refractivity contribution >= 4 is 39.1 Å². The van der Waals surface area contributed by atoms with Gasteiger partial charge in [-0.1, -0.05) is 42.5 Å². The van der Waals surface area contributed by atoms with Gasteiger partial charge in [0.2, 0.25) is 5.91 Å². The molecule has 2 amide bonds. The summed E-state index contributed by atoms with van der Waals surface area (Å²) in [7, 11) is -3.67. The largest absolute Gasteiger partial charge is 0.343 e. The van der Waals surface area contributed by atoms with Gasteiger partial charge >= 0.3 is 0 Å². The Balaban J connectivity index is 1.98. The molecule has 144 valence electrons. The molecule has 27 heavy (non-hydrogen) atoms. The molecule has 7 nitrogen and oxygen atoms in total. The maximum Gasteiger partial charge on any atom is 0.266 e. The molecule has 1 atom stereocenters. The fourth-order valence-electron chi connectivity index (χ4n) is 2.36. The third-order valence-corrected chi connectivity index (χ3v) is 6.06. The summed E-state index contributed by atoms with van der Waals surface area (Å²) in [6.07, 6.45) is 3.16. The van der Waals surface area contributed by atoms with Gasteiger partial charge in [0, 0.05) is 11.8 Å². The summed E-state index contributed by atoms with van der Waals surface area (Å²) in [6.45, 7) is 1.16. The molecule has 1 unspecified atom stereocenters. The van der Waals surface area contributed by atoms with Gasteiger partial charge in [-0.05, 0) is 22.6 Å². The van der Waals surface area contributed by atoms with Crippen LogP contribution in [0.15, 0.2) is 47.9 Å². The van der Waals surface area contributed by atoms with Crippen molar-refractivity contribution < 1.29 is 23.2 Å². The molecule has 0 aliphatic carbocycles. The fraction of sp³-hybridized carbons (Fsp3) is 0.222. The predicted molar refractivity (Wildman–Crippen MR) is 105 cm³/mol. The highest BCUT2D eigenvalue weighted by Crippen LogP contribution is 2.24. The van der Waals surface area contributed by atoms with E-state index in [0.717, 1.165) is 22.9 Å². The van der Waals surface area contributed by atoms with Crippen molar-refractivity contribution in [2.24, 2.45) is 0 Å². The van der Waals surface area contributed by atoms with Crippen molar-refractivity contribution in [1.29, 1.82) is 0 Å². The average Bonchev–Trinajstić information content (AvgIpc) is 3.15. The molecule has 0 saturated carbocycles. The summed E-state index contributed by atoms with van der Waals surface area (Å²) in [5.74, 6) is -2.46. The van der Waals surface area contributed by atoms with E-state index in [1.54, 1.807) is 17.4 Å². The Kier molecular flexibility index (Phi) is 7.28. The van der Waals surface area contributed by atoms with Gasteiger partial charge in [-0.25, -0.2) is 13.9 Å². The van der Waals surface area contributed by atoms with Crippen LogP contribution in [0.4, 0.5) is 0 Å². The minimum absolute atomic E-state index is 0.297. The summed E-state index contributed by atoms with van der Waals surface area (Å²) in [6, 6.07) is 10.3. The van der Waals surface area contributed by atoms with Crippen LogP contribution < -0.4 is 10.8 Å². The highest BCUT2D eigenvalue weighted by atomic mass is 32.2. The van der Waals surface area contributed by atoms with Gasteiger partial charge in [-0.2, -0.15) is 0 Å². The van der Waals surface area contributed by atoms with E-state index in [-0.39, 0.29) is 5.75 Å². The number of thiophene rings is 1. The van der Waals surface area contributed by atoms with E-state index in [1.165, 1.54) is 11.6 Å². The molecule has 2 aromatic rings. The number of hydroxylamine groups is 1. The van der Waals surface area contributed by atoms with Gasteiger partial charge in [-0.3, -0.25) is 14.8 Å². The summed E-state index contributed by atoms with van der Waals surface area (Å²) in [5, 5.41) is 12.9. The summed E-state index contributed by atoms with van der Waals surface area (Å²) < 4.78 is 24.4. The lowest BCUT2D eigenvalue weighted by atomic mass is 10.1. The smallest absolute Gasteiger partial charge is 0.266 e. The molecule has 0 aliphatic heterocycles. The highest BCUT2D eigenvalue weighted by molar-refractivity contribution is 7.91. The van der Waals surface area contributed by atoms with E-state index >= 15 is 0 Å². The second-order valence-corrected chi connectivity index (χ2v) is 8.91. The number of nitrogens with one attached hydrogen (secondary N) is 2. The fourth-order valence-corrected chi connectivity index (χ4v) is 4.36. The molecule has 1 heterocycles. The van der Waals surface area contributed by atoms with E-state index in [4.69, 9.17) is 5.21 Å². The normalized spacial score (nSPS) is 12.7. The van der Waals surface area contributed by atoms with Crippen molar-refractivity contribution in [3.05, 3.63) is 53.4 Å². The second kappa shape index (κ2) is 9.45. The lowest BCUT2D eigenvalue weighted by Crippen LogP contribution is -2.49. The minimum atomic E-state index is -3.67. The van der Waals surface area contributed by atoms with E-state index in [9.17, 15) is 18.0 Å². The van der Waals surface area contributed by atoms with Gasteiger partial charge in [0.15, 0.2) is 9.84 Å². The van der Waals surface area contributed by atoms with Crippen LogP contribution in [0.2, 0.25) is 0 Å². The molecule has 0 saturated heterocycles. The topological polar surface area (TPSA) is 113 Å². The molecular weight excluding hydrogens is 388 g/mol. The molecule has 1 aromatic carbocycles. The molecule has 0 bridgehead atoms. The zero-order valence-corrected chi connectivity index (χ0v) is 16.2. The molecule has 1 aromatic heterocycles. The molecule has 0 aliphatic rings. The molecule has 3 N–H and O–H groups in total. The maximum absolute atomic E-state index is 12.2. The number of amides is 2. The number of sulfone groups is 1. The number of hydrogen-bond acceptors (Lipinski definition) is 6. The Morgan fingerprint density at radius 1 is 1.22 bits per heavy atom. The predicted octanol–water partition coefficient (Wildman–Crippen LogP) is 1.85. The summed E-state index contributed by atoms with van der Waals surface area (Å²) >= 11 is 1.64. The molecule has 0 fully saturated rings. The van der Waals surface area contributed by atoms with Crippen molar-refractivity contribution in [1.82, 2.24) is 10.8 Å². The van der Waals surface area contributed by atoms with E-state index in [2.05, 4.69) is 5.32 Å². The first-order chi connectivity index (χ1) is 12.8. The minimum Gasteiger partial charge on any atom is -0.343 e. The number of benzene rings is 1. The molecule has 9 heteroatoms. The highest BCUT2D eigenvalue weighted by Gasteiger charge is 2.25. The Bertz CT molecular complexity index is 904. The van der Waals surface area contributed by atoms with Gasteiger partial charge in [0.05, 0.1) is 11.5 Å². The van der Waals surface area contributed by atoms with E-state index in [1.807, 2.05) is 41.8 Å². The van der Waals surface area contributed by atoms with Crippen LogP contribution in [0.1, 0.15) is 12.5 Å². The third kappa shape index (κ3) is 6.63. The van der Waals surface area contributed by atoms with Crippen LogP contribution in [0.5, 0.6) is 0 Å². The van der Waals surface area contributed by atoms with E-state index in [0.29, 0.717) is 0 Å². The third-order valence-electron chi connectivity index (χ3n) is 3.60. The number of hydrogen-bond donors (Lipinski definition) is 3. The van der Waals surface area contributed by atoms with Gasteiger partial charge in [0.1, 0.15) is 6.04 Å². The van der Waals surface area contributed by atoms with Crippen molar-refractivity contribution in [2.75, 3.05) is 11.5 Å². The average molecular weight is 409 g/mol. The maximum atomic E-state index is 12.2. The van der Waals surface area contributed by atoms with Gasteiger partial charge < -0.3 is 5.32 Å². The quantitative estimate of drug-likeness (QED) is 0.456. The van der Waals surface area contributed by atoms with Crippen LogP contribution in [0.3, 0.4) is 0 Å². The van der Waals surface area contributed by atoms with Crippen molar-refractivity contribution in [3.63, 3.8) is 0 Å². The number of carbonyl (C=O) groups excluding carboxylic acids is 2. The first-order valence-electron chi connectivity index (χ1n) is 8.02. The molecule has 0 spiro atoms. The Hall–Kier alpha value is -2.49. The zero-order valence-electron chi connectivity index (χ0n) is 14.6. The number of carbonyl (C=O) groups is 2. The Morgan fingerprint density at radius 3 is 2.48 bits per heavy atom. The molecular formula is C18H20N2O5S2. The van der Waals surface area contributed by atoms with Crippen LogP contribution in [0.25, 0.3) is 16.5 Å². The number of rotatable bonds is 8. The molecule has 2 rings (SSSR count). The summed E-state index contributed by atoms with van der Waals surface area (Å²) in [4.78, 5) is 23.7. The van der Waals surface area contributed by atoms with Crippen LogP contribution in [-0.2, 0) is 19.4 Å². The first-order valence-corrected chi connectivity index (χ1v) is 10.7. The standard InChI is InChI=1S/C18H20N2O5S2/c1-13(21)19-16(18(22)20-23)12-27(24,25)11-3-4-14-6-8-15(9-7-14)17-5-2-10-26-17/h2-10,16,23H,11-12H2,1H3,(H,19,21)(H,20,22). The second-order valence-electron chi connectivity index (χ2n) is 5.81. The first kappa shape index (κ1) is 20.8. The van der Waals surface area contributed by atoms with Crippen LogP contribution in [-0.4, -0.2) is 43.0 Å². The summed E-state index contributed by atoms with van der Waals surface area (Å²) in [5.41, 5.74) is 3.29. The van der Waals surface area contributed by atoms with Crippen molar-refractivity contribution in [2.45, 2.75) is 13.0 Å². The zero-order chi connectivity index (χ0) is 19.9.